The summed E-state index contributed by atoms with van der Waals surface area (Å²) in [5.74, 6) is -0.700. The number of thiophene rings is 1. The molecule has 0 aliphatic rings. The van der Waals surface area contributed by atoms with Crippen LogP contribution < -0.4 is 0 Å². The smallest absolute Gasteiger partial charge is 0.333 e. The number of hydrogen-bond acceptors (Lipinski definition) is 5. The molecule has 0 aliphatic heterocycles. The van der Waals surface area contributed by atoms with Crippen LogP contribution in [0.25, 0.3) is 0 Å². The lowest BCUT2D eigenvalue weighted by Crippen LogP contribution is -2.41. The number of esters is 1. The molecule has 2 rings (SSSR count). The zero-order valence-corrected chi connectivity index (χ0v) is 16.7. The van der Waals surface area contributed by atoms with Gasteiger partial charge >= 0.3 is 5.97 Å². The molecule has 0 spiro atoms. The van der Waals surface area contributed by atoms with Crippen molar-refractivity contribution < 1.29 is 19.1 Å². The highest BCUT2D eigenvalue weighted by atomic mass is 79.9. The molecule has 134 valence electrons. The summed E-state index contributed by atoms with van der Waals surface area (Å²) in [5, 5.41) is 0. The molecule has 1 amide bonds. The highest BCUT2D eigenvalue weighted by molar-refractivity contribution is 9.10. The summed E-state index contributed by atoms with van der Waals surface area (Å²) in [6.07, 6.45) is 0. The van der Waals surface area contributed by atoms with E-state index < -0.39 is 12.0 Å². The third kappa shape index (κ3) is 4.90. The summed E-state index contributed by atoms with van der Waals surface area (Å²) in [6, 6.07) is 10.1. The number of rotatable bonds is 7. The summed E-state index contributed by atoms with van der Waals surface area (Å²) < 4.78 is 11.0. The molecule has 1 aromatic heterocycles. The van der Waals surface area contributed by atoms with E-state index in [0.717, 1.165) is 9.35 Å². The number of nitrogens with zero attached hydrogens (tertiary/aromatic N) is 1. The summed E-state index contributed by atoms with van der Waals surface area (Å²) in [4.78, 5) is 28.6. The predicted molar refractivity (Wildman–Crippen MR) is 101 cm³/mol. The number of methoxy groups -OCH3 is 2. The second kappa shape index (κ2) is 9.12. The lowest BCUT2D eigenvalue weighted by atomic mass is 10.0. The summed E-state index contributed by atoms with van der Waals surface area (Å²) >= 11 is 4.78. The Morgan fingerprint density at radius 1 is 1.16 bits per heavy atom. The Hall–Kier alpha value is -1.70. The molecule has 25 heavy (non-hydrogen) atoms. The maximum absolute atomic E-state index is 13.0. The van der Waals surface area contributed by atoms with Gasteiger partial charge in [-0.15, -0.1) is 11.3 Å². The predicted octanol–water partition coefficient (Wildman–Crippen LogP) is 3.82. The molecule has 1 aromatic carbocycles. The van der Waals surface area contributed by atoms with E-state index in [4.69, 9.17) is 9.47 Å². The van der Waals surface area contributed by atoms with Crippen LogP contribution in [0.2, 0.25) is 0 Å². The second-order valence-corrected chi connectivity index (χ2v) is 7.58. The zero-order valence-electron chi connectivity index (χ0n) is 14.3. The quantitative estimate of drug-likeness (QED) is 0.632. The van der Waals surface area contributed by atoms with Crippen molar-refractivity contribution in [1.82, 2.24) is 4.90 Å². The number of hydrogen-bond donors (Lipinski definition) is 0. The molecule has 0 fully saturated rings. The van der Waals surface area contributed by atoms with Crippen LogP contribution in [0.3, 0.4) is 0 Å². The Bertz CT molecular complexity index is 729. The van der Waals surface area contributed by atoms with Gasteiger partial charge in [0.05, 0.1) is 18.6 Å². The minimum absolute atomic E-state index is 0.214. The molecule has 7 heteroatoms. The monoisotopic (exact) mass is 425 g/mol. The first kappa shape index (κ1) is 19.6. The van der Waals surface area contributed by atoms with Crippen molar-refractivity contribution in [1.29, 1.82) is 0 Å². The Balaban J connectivity index is 2.43. The van der Waals surface area contributed by atoms with Gasteiger partial charge in [-0.2, -0.15) is 0 Å². The van der Waals surface area contributed by atoms with Crippen molar-refractivity contribution in [3.63, 3.8) is 0 Å². The van der Waals surface area contributed by atoms with Gasteiger partial charge in [-0.3, -0.25) is 4.79 Å². The normalized spacial score (nSPS) is 11.8. The van der Waals surface area contributed by atoms with Crippen LogP contribution in [-0.2, 0) is 14.3 Å². The lowest BCUT2D eigenvalue weighted by molar-refractivity contribution is -0.146. The van der Waals surface area contributed by atoms with Gasteiger partial charge in [0.1, 0.15) is 0 Å². The number of ether oxygens (including phenoxy) is 2. The van der Waals surface area contributed by atoms with Gasteiger partial charge < -0.3 is 14.4 Å². The Morgan fingerprint density at radius 3 is 2.36 bits per heavy atom. The van der Waals surface area contributed by atoms with Crippen LogP contribution >= 0.6 is 27.3 Å². The van der Waals surface area contributed by atoms with Crippen LogP contribution in [0, 0.1) is 6.92 Å². The van der Waals surface area contributed by atoms with E-state index in [9.17, 15) is 9.59 Å². The topological polar surface area (TPSA) is 55.8 Å². The molecular formula is C18H20BrNO4S. The molecule has 0 unspecified atom stereocenters. The number of aryl methyl sites for hydroxylation is 1. The number of benzene rings is 1. The number of carbonyl (C=O) groups excluding carboxylic acids is 2. The minimum atomic E-state index is -0.830. The molecule has 5 nitrogen and oxygen atoms in total. The van der Waals surface area contributed by atoms with Gasteiger partial charge in [0, 0.05) is 23.0 Å². The van der Waals surface area contributed by atoms with Crippen LogP contribution in [0.4, 0.5) is 0 Å². The molecular weight excluding hydrogens is 406 g/mol. The van der Waals surface area contributed by atoms with E-state index >= 15 is 0 Å². The number of amides is 1. The lowest BCUT2D eigenvalue weighted by Gasteiger charge is -2.29. The maximum atomic E-state index is 13.0. The molecule has 0 aliphatic carbocycles. The number of halogens is 1. The molecule has 2 aromatic rings. The van der Waals surface area contributed by atoms with Gasteiger partial charge in [-0.25, -0.2) is 4.79 Å². The van der Waals surface area contributed by atoms with Gasteiger partial charge in [-0.1, -0.05) is 28.1 Å². The highest BCUT2D eigenvalue weighted by Crippen LogP contribution is 2.27. The first-order valence-corrected chi connectivity index (χ1v) is 9.28. The fraction of sp³-hybridized carbons (Fsp3) is 0.333. The molecule has 1 heterocycles. The SMILES string of the molecule is COCCN(C(=O)c1ccc(C)s1)[C@@H](C(=O)OC)c1ccc(Br)cc1. The van der Waals surface area contributed by atoms with E-state index in [-0.39, 0.29) is 12.5 Å². The van der Waals surface area contributed by atoms with Gasteiger partial charge in [0.2, 0.25) is 0 Å². The van der Waals surface area contributed by atoms with Crippen LogP contribution in [-0.4, -0.2) is 44.1 Å². The zero-order chi connectivity index (χ0) is 18.4. The molecule has 0 saturated heterocycles. The fourth-order valence-electron chi connectivity index (χ4n) is 2.43. The van der Waals surface area contributed by atoms with Crippen molar-refractivity contribution >= 4 is 39.1 Å². The second-order valence-electron chi connectivity index (χ2n) is 5.38. The van der Waals surface area contributed by atoms with Crippen molar-refractivity contribution in [3.05, 3.63) is 56.2 Å². The Morgan fingerprint density at radius 2 is 1.84 bits per heavy atom. The Kier molecular flexibility index (Phi) is 7.16. The minimum Gasteiger partial charge on any atom is -0.467 e. The summed E-state index contributed by atoms with van der Waals surface area (Å²) in [6.45, 7) is 2.54. The Labute approximate surface area is 159 Å². The molecule has 0 saturated carbocycles. The van der Waals surface area contributed by atoms with E-state index in [0.29, 0.717) is 17.0 Å². The molecule has 1 atom stereocenters. The van der Waals surface area contributed by atoms with Crippen molar-refractivity contribution in [2.45, 2.75) is 13.0 Å². The van der Waals surface area contributed by atoms with Gasteiger partial charge in [-0.05, 0) is 36.8 Å². The van der Waals surface area contributed by atoms with E-state index in [2.05, 4.69) is 15.9 Å². The van der Waals surface area contributed by atoms with E-state index in [1.54, 1.807) is 25.3 Å². The maximum Gasteiger partial charge on any atom is 0.333 e. The fourth-order valence-corrected chi connectivity index (χ4v) is 3.52. The van der Waals surface area contributed by atoms with Crippen LogP contribution in [0.15, 0.2) is 40.9 Å². The molecule has 0 N–H and O–H groups in total. The van der Waals surface area contributed by atoms with Gasteiger partial charge in [0.25, 0.3) is 5.91 Å². The number of carbonyl (C=O) groups is 2. The van der Waals surface area contributed by atoms with Crippen LogP contribution in [0.1, 0.15) is 26.2 Å². The summed E-state index contributed by atoms with van der Waals surface area (Å²) in [7, 11) is 2.88. The van der Waals surface area contributed by atoms with E-state index in [1.807, 2.05) is 25.1 Å². The molecule has 0 bridgehead atoms. The van der Waals surface area contributed by atoms with Crippen LogP contribution in [0.5, 0.6) is 0 Å². The largest absolute Gasteiger partial charge is 0.467 e. The third-order valence-electron chi connectivity index (χ3n) is 3.67. The van der Waals surface area contributed by atoms with E-state index in [1.165, 1.54) is 23.3 Å². The highest BCUT2D eigenvalue weighted by Gasteiger charge is 2.33. The standard InChI is InChI=1S/C18H20BrNO4S/c1-12-4-9-15(25-12)17(21)20(10-11-23-2)16(18(22)24-3)13-5-7-14(19)8-6-13/h4-9,16H,10-11H2,1-3H3/t16-/m1/s1. The average molecular weight is 426 g/mol. The first-order valence-electron chi connectivity index (χ1n) is 7.67. The van der Waals surface area contributed by atoms with Crippen molar-refractivity contribution in [3.8, 4) is 0 Å². The average Bonchev–Trinajstić information content (AvgIpc) is 3.05. The third-order valence-corrected chi connectivity index (χ3v) is 5.19. The van der Waals surface area contributed by atoms with Crippen molar-refractivity contribution in [2.24, 2.45) is 0 Å². The van der Waals surface area contributed by atoms with Gasteiger partial charge in [0.15, 0.2) is 6.04 Å². The van der Waals surface area contributed by atoms with Crippen molar-refractivity contribution in [2.75, 3.05) is 27.4 Å². The first-order chi connectivity index (χ1) is 12.0. The summed E-state index contributed by atoms with van der Waals surface area (Å²) in [5.41, 5.74) is 0.688. The molecule has 0 radical (unpaired) electrons.